The minimum absolute atomic E-state index is 0.430. The van der Waals surface area contributed by atoms with Crippen LogP contribution in [0.3, 0.4) is 0 Å². The summed E-state index contributed by atoms with van der Waals surface area (Å²) >= 11 is 0. The highest BCUT2D eigenvalue weighted by molar-refractivity contribution is 5.95. The highest BCUT2D eigenvalue weighted by Gasteiger charge is 2.33. The molecular weight excluding hydrogens is 370 g/mol. The number of para-hydroxylation sites is 1. The molecule has 1 aliphatic rings. The van der Waals surface area contributed by atoms with Gasteiger partial charge in [-0.2, -0.15) is 4.98 Å². The van der Waals surface area contributed by atoms with E-state index in [9.17, 15) is 4.79 Å². The van der Waals surface area contributed by atoms with Crippen molar-refractivity contribution in [3.05, 3.63) is 65.4 Å². The van der Waals surface area contributed by atoms with Crippen LogP contribution in [0.4, 0.5) is 5.95 Å². The van der Waals surface area contributed by atoms with Crippen LogP contribution in [0, 0.1) is 0 Å². The maximum atomic E-state index is 12.3. The zero-order valence-electron chi connectivity index (χ0n) is 16.3. The second-order valence-corrected chi connectivity index (χ2v) is 6.61. The number of primary amides is 1. The molecule has 148 valence electrons. The fraction of sp³-hybridized carbons (Fsp3) is 0.190. The molecule has 1 aliphatic heterocycles. The molecule has 0 bridgehead atoms. The number of aromatic nitrogens is 3. The monoisotopic (exact) mass is 391 g/mol. The molecule has 8 nitrogen and oxygen atoms in total. The Morgan fingerprint density at radius 2 is 1.83 bits per heavy atom. The number of amides is 1. The molecule has 0 saturated heterocycles. The highest BCUT2D eigenvalue weighted by atomic mass is 16.5. The number of hydrogen-bond donors (Lipinski definition) is 2. The lowest BCUT2D eigenvalue weighted by molar-refractivity contribution is -0.115. The van der Waals surface area contributed by atoms with Crippen LogP contribution in [0.1, 0.15) is 18.5 Å². The van der Waals surface area contributed by atoms with E-state index >= 15 is 0 Å². The van der Waals surface area contributed by atoms with Crippen molar-refractivity contribution < 1.29 is 14.3 Å². The maximum absolute atomic E-state index is 12.3. The van der Waals surface area contributed by atoms with Crippen LogP contribution < -0.4 is 20.5 Å². The van der Waals surface area contributed by atoms with Crippen molar-refractivity contribution >= 4 is 11.9 Å². The van der Waals surface area contributed by atoms with Crippen molar-refractivity contribution in [3.8, 4) is 22.9 Å². The second kappa shape index (κ2) is 7.31. The van der Waals surface area contributed by atoms with E-state index in [1.165, 1.54) is 0 Å². The van der Waals surface area contributed by atoms with Gasteiger partial charge in [-0.25, -0.2) is 4.68 Å². The Morgan fingerprint density at radius 1 is 1.10 bits per heavy atom. The van der Waals surface area contributed by atoms with E-state index in [4.69, 9.17) is 15.2 Å². The van der Waals surface area contributed by atoms with Crippen molar-refractivity contribution in [2.45, 2.75) is 13.0 Å². The fourth-order valence-corrected chi connectivity index (χ4v) is 3.51. The fourth-order valence-electron chi connectivity index (χ4n) is 3.51. The van der Waals surface area contributed by atoms with Gasteiger partial charge in [-0.05, 0) is 36.8 Å². The standard InChI is InChI=1S/C21H21N5O3/c1-12-17(19(22)27)18(13-8-10-14(28-2)11-9-13)26-21(23-12)24-20(25-26)15-6-4-5-7-16(15)29-3/h4-11,18H,1-3H3,(H2,22,27)(H,23,24,25)/t18-/m1/s1. The number of benzene rings is 2. The van der Waals surface area contributed by atoms with Gasteiger partial charge in [0.05, 0.1) is 25.4 Å². The second-order valence-electron chi connectivity index (χ2n) is 6.61. The first-order valence-corrected chi connectivity index (χ1v) is 9.05. The summed E-state index contributed by atoms with van der Waals surface area (Å²) in [6.45, 7) is 1.80. The number of anilines is 1. The number of nitrogens with two attached hydrogens (primary N) is 1. The molecule has 3 N–H and O–H groups in total. The van der Waals surface area contributed by atoms with Crippen LogP contribution in [0.25, 0.3) is 11.4 Å². The highest BCUT2D eigenvalue weighted by Crippen LogP contribution is 2.37. The quantitative estimate of drug-likeness (QED) is 0.693. The summed E-state index contributed by atoms with van der Waals surface area (Å²) in [6.07, 6.45) is 0. The van der Waals surface area contributed by atoms with Crippen LogP contribution in [0.5, 0.6) is 11.5 Å². The minimum atomic E-state index is -0.518. The zero-order valence-corrected chi connectivity index (χ0v) is 16.3. The van der Waals surface area contributed by atoms with Crippen molar-refractivity contribution in [1.29, 1.82) is 0 Å². The van der Waals surface area contributed by atoms with Gasteiger partial charge >= 0.3 is 0 Å². The van der Waals surface area contributed by atoms with E-state index in [2.05, 4.69) is 15.4 Å². The average Bonchev–Trinajstić information content (AvgIpc) is 3.16. The number of carbonyl (C=O) groups excluding carboxylic acids is 1. The van der Waals surface area contributed by atoms with Gasteiger partial charge in [0.25, 0.3) is 0 Å². The molecule has 0 aliphatic carbocycles. The Kier molecular flexibility index (Phi) is 4.67. The van der Waals surface area contributed by atoms with Gasteiger partial charge in [-0.3, -0.25) is 4.79 Å². The molecule has 1 atom stereocenters. The summed E-state index contributed by atoms with van der Waals surface area (Å²) in [5.41, 5.74) is 8.39. The minimum Gasteiger partial charge on any atom is -0.497 e. The van der Waals surface area contributed by atoms with Crippen molar-refractivity contribution in [3.63, 3.8) is 0 Å². The van der Waals surface area contributed by atoms with E-state index in [1.54, 1.807) is 25.8 Å². The van der Waals surface area contributed by atoms with Crippen LogP contribution >= 0.6 is 0 Å². The molecule has 0 saturated carbocycles. The summed E-state index contributed by atoms with van der Waals surface area (Å²) < 4.78 is 12.4. The van der Waals surface area contributed by atoms with Crippen LogP contribution in [0.15, 0.2) is 59.8 Å². The van der Waals surface area contributed by atoms with Gasteiger partial charge in [0.2, 0.25) is 11.9 Å². The summed E-state index contributed by atoms with van der Waals surface area (Å²) in [6, 6.07) is 14.5. The topological polar surface area (TPSA) is 104 Å². The summed E-state index contributed by atoms with van der Waals surface area (Å²) in [5.74, 6) is 1.88. The molecule has 8 heteroatoms. The smallest absolute Gasteiger partial charge is 0.248 e. The Labute approximate surface area is 168 Å². The van der Waals surface area contributed by atoms with Crippen LogP contribution in [-0.4, -0.2) is 34.9 Å². The number of fused-ring (bicyclic) bond motifs is 1. The molecule has 0 unspecified atom stereocenters. The molecule has 4 rings (SSSR count). The van der Waals surface area contributed by atoms with Gasteiger partial charge in [0.15, 0.2) is 5.82 Å². The predicted molar refractivity (Wildman–Crippen MR) is 109 cm³/mol. The molecule has 29 heavy (non-hydrogen) atoms. The van der Waals surface area contributed by atoms with Gasteiger partial charge in [-0.1, -0.05) is 24.3 Å². The van der Waals surface area contributed by atoms with E-state index in [0.29, 0.717) is 28.8 Å². The number of nitrogens with one attached hydrogen (secondary N) is 1. The first-order valence-electron chi connectivity index (χ1n) is 9.05. The zero-order chi connectivity index (χ0) is 20.5. The average molecular weight is 391 g/mol. The van der Waals surface area contributed by atoms with Crippen LogP contribution in [0.2, 0.25) is 0 Å². The Hall–Kier alpha value is -3.81. The third-order valence-corrected chi connectivity index (χ3v) is 4.90. The van der Waals surface area contributed by atoms with Crippen molar-refractivity contribution in [2.24, 2.45) is 5.73 Å². The summed E-state index contributed by atoms with van der Waals surface area (Å²) in [4.78, 5) is 16.9. The molecule has 2 heterocycles. The van der Waals surface area contributed by atoms with Gasteiger partial charge in [0, 0.05) is 5.70 Å². The van der Waals surface area contributed by atoms with E-state index < -0.39 is 11.9 Å². The number of methoxy groups -OCH3 is 2. The molecule has 0 fully saturated rings. The number of carbonyl (C=O) groups is 1. The Bertz CT molecular complexity index is 1100. The van der Waals surface area contributed by atoms with Crippen molar-refractivity contribution in [2.75, 3.05) is 19.5 Å². The van der Waals surface area contributed by atoms with Gasteiger partial charge < -0.3 is 20.5 Å². The Balaban J connectivity index is 1.87. The Morgan fingerprint density at radius 3 is 2.48 bits per heavy atom. The molecule has 0 spiro atoms. The van der Waals surface area contributed by atoms with Gasteiger partial charge in [-0.15, -0.1) is 5.10 Å². The SMILES string of the molecule is COc1ccc([C@@H]2C(C(N)=O)=C(C)Nc3nc(-c4ccccc4OC)nn32)cc1. The molecule has 2 aromatic carbocycles. The van der Waals surface area contributed by atoms with Crippen molar-refractivity contribution in [1.82, 2.24) is 14.8 Å². The molecule has 3 aromatic rings. The summed E-state index contributed by atoms with van der Waals surface area (Å²) in [7, 11) is 3.21. The third-order valence-electron chi connectivity index (χ3n) is 4.90. The van der Waals surface area contributed by atoms with E-state index in [0.717, 1.165) is 16.9 Å². The van der Waals surface area contributed by atoms with Gasteiger partial charge in [0.1, 0.15) is 17.5 Å². The molecule has 1 aromatic heterocycles. The lowest BCUT2D eigenvalue weighted by Crippen LogP contribution is -2.31. The normalized spacial score (nSPS) is 15.5. The largest absolute Gasteiger partial charge is 0.497 e. The molecule has 0 radical (unpaired) electrons. The first kappa shape index (κ1) is 18.5. The number of hydrogen-bond acceptors (Lipinski definition) is 6. The van der Waals surface area contributed by atoms with E-state index in [1.807, 2.05) is 48.5 Å². The molecular formula is C21H21N5O3. The maximum Gasteiger partial charge on any atom is 0.248 e. The van der Waals surface area contributed by atoms with E-state index in [-0.39, 0.29) is 0 Å². The summed E-state index contributed by atoms with van der Waals surface area (Å²) in [5, 5.41) is 7.83. The predicted octanol–water partition coefficient (Wildman–Crippen LogP) is 2.74. The van der Waals surface area contributed by atoms with Crippen LogP contribution in [-0.2, 0) is 4.79 Å². The lowest BCUT2D eigenvalue weighted by atomic mass is 9.95. The lowest BCUT2D eigenvalue weighted by Gasteiger charge is -2.27. The first-order chi connectivity index (χ1) is 14.0. The third kappa shape index (κ3) is 3.18. The molecule has 1 amide bonds. The number of allylic oxidation sites excluding steroid dienone is 1. The number of rotatable bonds is 5. The number of ether oxygens (including phenoxy) is 2. The number of nitrogens with zero attached hydrogens (tertiary/aromatic N) is 3.